The molecular formula is C25H27N5O3S. The lowest BCUT2D eigenvalue weighted by atomic mass is 9.97. The molecule has 1 aliphatic rings. The Morgan fingerprint density at radius 2 is 1.79 bits per heavy atom. The number of carbonyl (C=O) groups is 2. The molecule has 9 heteroatoms. The molecule has 0 saturated heterocycles. The van der Waals surface area contributed by atoms with Crippen molar-refractivity contribution in [1.82, 2.24) is 20.2 Å². The summed E-state index contributed by atoms with van der Waals surface area (Å²) in [6, 6.07) is 9.91. The molecule has 1 aromatic carbocycles. The van der Waals surface area contributed by atoms with E-state index in [1.807, 2.05) is 49.3 Å². The SMILES string of the molecule is COc1ncc(-c2ccccc2)c2sc(NC(=O)C3=CC=C(C(=O)NCCN(C)C)CC3)nc12. The minimum absolute atomic E-state index is 0.0863. The van der Waals surface area contributed by atoms with Crippen molar-refractivity contribution in [2.24, 2.45) is 0 Å². The van der Waals surface area contributed by atoms with E-state index in [1.165, 1.54) is 11.3 Å². The first kappa shape index (κ1) is 23.6. The van der Waals surface area contributed by atoms with Crippen LogP contribution in [0.5, 0.6) is 5.88 Å². The molecule has 2 aromatic heterocycles. The zero-order chi connectivity index (χ0) is 24.1. The van der Waals surface area contributed by atoms with E-state index in [9.17, 15) is 9.59 Å². The number of rotatable bonds is 8. The van der Waals surface area contributed by atoms with E-state index < -0.39 is 0 Å². The van der Waals surface area contributed by atoms with Crippen LogP contribution in [0.15, 0.2) is 59.8 Å². The predicted octanol–water partition coefficient (Wildman–Crippen LogP) is 3.63. The van der Waals surface area contributed by atoms with Gasteiger partial charge < -0.3 is 15.0 Å². The van der Waals surface area contributed by atoms with Gasteiger partial charge in [0.05, 0.1) is 11.8 Å². The van der Waals surface area contributed by atoms with E-state index >= 15 is 0 Å². The molecule has 2 N–H and O–H groups in total. The van der Waals surface area contributed by atoms with Crippen molar-refractivity contribution in [3.05, 3.63) is 59.8 Å². The molecule has 0 radical (unpaired) electrons. The maximum Gasteiger partial charge on any atom is 0.253 e. The number of pyridine rings is 1. The highest BCUT2D eigenvalue weighted by molar-refractivity contribution is 7.23. The van der Waals surface area contributed by atoms with Crippen LogP contribution < -0.4 is 15.4 Å². The second kappa shape index (κ2) is 10.6. The van der Waals surface area contributed by atoms with Crippen LogP contribution in [0.2, 0.25) is 0 Å². The van der Waals surface area contributed by atoms with E-state index in [0.717, 1.165) is 22.4 Å². The summed E-state index contributed by atoms with van der Waals surface area (Å²) < 4.78 is 6.28. The first-order valence-corrected chi connectivity index (χ1v) is 11.8. The highest BCUT2D eigenvalue weighted by atomic mass is 32.1. The third-order valence-corrected chi connectivity index (χ3v) is 6.47. The number of fused-ring (bicyclic) bond motifs is 1. The number of carbonyl (C=O) groups excluding carboxylic acids is 2. The topological polar surface area (TPSA) is 96.4 Å². The standard InChI is InChI=1S/C25H27N5O3S/c1-30(2)14-13-26-22(31)17-9-11-18(12-10-17)23(32)29-25-28-20-21(34-25)19(15-27-24(20)33-3)16-7-5-4-6-8-16/h4-9,11,15H,10,12-14H2,1-3H3,(H,26,31)(H,28,29,32). The molecule has 2 amide bonds. The Labute approximate surface area is 202 Å². The van der Waals surface area contributed by atoms with Crippen LogP contribution in [-0.2, 0) is 9.59 Å². The maximum atomic E-state index is 12.9. The van der Waals surface area contributed by atoms with Gasteiger partial charge in [-0.05, 0) is 32.5 Å². The van der Waals surface area contributed by atoms with Gasteiger partial charge in [-0.25, -0.2) is 9.97 Å². The fourth-order valence-corrected chi connectivity index (χ4v) is 4.60. The van der Waals surface area contributed by atoms with Gasteiger partial charge in [0.25, 0.3) is 5.91 Å². The molecule has 0 spiro atoms. The van der Waals surface area contributed by atoms with Crippen molar-refractivity contribution in [3.8, 4) is 17.0 Å². The van der Waals surface area contributed by atoms with Crippen molar-refractivity contribution in [3.63, 3.8) is 0 Å². The van der Waals surface area contributed by atoms with E-state index in [4.69, 9.17) is 4.74 Å². The number of nitrogens with zero attached hydrogens (tertiary/aromatic N) is 3. The van der Waals surface area contributed by atoms with Crippen LogP contribution >= 0.6 is 11.3 Å². The second-order valence-electron chi connectivity index (χ2n) is 8.14. The van der Waals surface area contributed by atoms with Gasteiger partial charge in [0.1, 0.15) is 5.52 Å². The van der Waals surface area contributed by atoms with Gasteiger partial charge >= 0.3 is 0 Å². The summed E-state index contributed by atoms with van der Waals surface area (Å²) in [5, 5.41) is 6.28. The number of amides is 2. The largest absolute Gasteiger partial charge is 0.479 e. The average Bonchev–Trinajstić information content (AvgIpc) is 3.27. The van der Waals surface area contributed by atoms with Crippen LogP contribution in [0.3, 0.4) is 0 Å². The van der Waals surface area contributed by atoms with Gasteiger partial charge in [-0.2, -0.15) is 0 Å². The molecule has 0 bridgehead atoms. The Morgan fingerprint density at radius 3 is 2.44 bits per heavy atom. The van der Waals surface area contributed by atoms with Crippen molar-refractivity contribution < 1.29 is 14.3 Å². The lowest BCUT2D eigenvalue weighted by molar-refractivity contribution is -0.118. The number of aromatic nitrogens is 2. The lowest BCUT2D eigenvalue weighted by Gasteiger charge is -2.15. The van der Waals surface area contributed by atoms with Crippen molar-refractivity contribution >= 4 is 38.5 Å². The number of methoxy groups -OCH3 is 1. The van der Waals surface area contributed by atoms with Crippen LogP contribution in [0.1, 0.15) is 12.8 Å². The van der Waals surface area contributed by atoms with Gasteiger partial charge in [0.2, 0.25) is 11.8 Å². The summed E-state index contributed by atoms with van der Waals surface area (Å²) in [6.45, 7) is 1.36. The van der Waals surface area contributed by atoms with Gasteiger partial charge in [-0.3, -0.25) is 14.9 Å². The number of benzene rings is 1. The van der Waals surface area contributed by atoms with E-state index in [1.54, 1.807) is 25.5 Å². The normalized spacial score (nSPS) is 13.4. The molecule has 8 nitrogen and oxygen atoms in total. The molecule has 3 aromatic rings. The number of nitrogens with one attached hydrogen (secondary N) is 2. The number of anilines is 1. The van der Waals surface area contributed by atoms with Gasteiger partial charge in [-0.15, -0.1) is 0 Å². The Balaban J connectivity index is 1.51. The molecule has 176 valence electrons. The first-order valence-electron chi connectivity index (χ1n) is 11.0. The van der Waals surface area contributed by atoms with Crippen LogP contribution in [0.25, 0.3) is 21.3 Å². The molecule has 1 aliphatic carbocycles. The molecule has 0 aliphatic heterocycles. The number of hydrogen-bond donors (Lipinski definition) is 2. The molecular weight excluding hydrogens is 450 g/mol. The average molecular weight is 478 g/mol. The molecule has 2 heterocycles. The zero-order valence-electron chi connectivity index (χ0n) is 19.4. The highest BCUT2D eigenvalue weighted by Gasteiger charge is 2.20. The third-order valence-electron chi connectivity index (χ3n) is 5.46. The van der Waals surface area contributed by atoms with Crippen LogP contribution in [-0.4, -0.2) is 61.0 Å². The molecule has 0 saturated carbocycles. The predicted molar refractivity (Wildman–Crippen MR) is 135 cm³/mol. The summed E-state index contributed by atoms with van der Waals surface area (Å²) in [6.07, 6.45) is 6.21. The molecule has 0 atom stereocenters. The maximum absolute atomic E-state index is 12.9. The summed E-state index contributed by atoms with van der Waals surface area (Å²) in [7, 11) is 5.47. The monoisotopic (exact) mass is 477 g/mol. The van der Waals surface area contributed by atoms with Crippen molar-refractivity contribution in [1.29, 1.82) is 0 Å². The lowest BCUT2D eigenvalue weighted by Crippen LogP contribution is -2.32. The number of allylic oxidation sites excluding steroid dienone is 2. The number of ether oxygens (including phenoxy) is 1. The molecule has 0 unspecified atom stereocenters. The molecule has 0 fully saturated rings. The zero-order valence-corrected chi connectivity index (χ0v) is 20.2. The fourth-order valence-electron chi connectivity index (χ4n) is 3.62. The first-order chi connectivity index (χ1) is 16.5. The third kappa shape index (κ3) is 5.32. The molecule has 4 rings (SSSR count). The van der Waals surface area contributed by atoms with Crippen LogP contribution in [0, 0.1) is 0 Å². The number of likely N-dealkylation sites (N-methyl/N-ethyl adjacent to an activating group) is 1. The van der Waals surface area contributed by atoms with Crippen molar-refractivity contribution in [2.75, 3.05) is 39.6 Å². The summed E-state index contributed by atoms with van der Waals surface area (Å²) >= 11 is 1.38. The van der Waals surface area contributed by atoms with E-state index in [2.05, 4.69) is 20.6 Å². The van der Waals surface area contributed by atoms with Crippen LogP contribution in [0.4, 0.5) is 5.13 Å². The van der Waals surface area contributed by atoms with Gasteiger partial charge in [0.15, 0.2) is 5.13 Å². The minimum Gasteiger partial charge on any atom is -0.479 e. The smallest absolute Gasteiger partial charge is 0.253 e. The summed E-state index contributed by atoms with van der Waals surface area (Å²) in [5.41, 5.74) is 3.84. The Kier molecular flexibility index (Phi) is 7.34. The fraction of sp³-hybridized carbons (Fsp3) is 0.280. The van der Waals surface area contributed by atoms with Gasteiger partial charge in [0, 0.05) is 36.0 Å². The molecule has 34 heavy (non-hydrogen) atoms. The van der Waals surface area contributed by atoms with Crippen molar-refractivity contribution in [2.45, 2.75) is 12.8 Å². The Morgan fingerprint density at radius 1 is 1.09 bits per heavy atom. The van der Waals surface area contributed by atoms with Gasteiger partial charge in [-0.1, -0.05) is 53.8 Å². The van der Waals surface area contributed by atoms with E-state index in [-0.39, 0.29) is 11.8 Å². The Bertz CT molecular complexity index is 1260. The summed E-state index contributed by atoms with van der Waals surface area (Å²) in [5.74, 6) is 0.100. The quantitative estimate of drug-likeness (QED) is 0.514. The minimum atomic E-state index is -0.226. The number of hydrogen-bond acceptors (Lipinski definition) is 7. The Hall–Kier alpha value is -3.56. The highest BCUT2D eigenvalue weighted by Crippen LogP contribution is 2.38. The summed E-state index contributed by atoms with van der Waals surface area (Å²) in [4.78, 5) is 36.2. The van der Waals surface area contributed by atoms with E-state index in [0.29, 0.717) is 47.1 Å². The second-order valence-corrected chi connectivity index (χ2v) is 9.14. The number of thiazole rings is 1.